The number of thiophene rings is 1. The average Bonchev–Trinajstić information content (AvgIpc) is 3.22. The van der Waals surface area contributed by atoms with Crippen LogP contribution in [-0.4, -0.2) is 20.0 Å². The summed E-state index contributed by atoms with van der Waals surface area (Å²) >= 11 is 4.62. The Morgan fingerprint density at radius 3 is 2.50 bits per heavy atom. The molecule has 6 nitrogen and oxygen atoms in total. The Morgan fingerprint density at radius 2 is 1.82 bits per heavy atom. The normalized spacial score (nSPS) is 11.9. The van der Waals surface area contributed by atoms with Crippen molar-refractivity contribution in [2.75, 3.05) is 5.32 Å². The van der Waals surface area contributed by atoms with Crippen LogP contribution in [0.1, 0.15) is 22.2 Å². The lowest BCUT2D eigenvalue weighted by Crippen LogP contribution is -2.20. The van der Waals surface area contributed by atoms with Crippen LogP contribution in [0.3, 0.4) is 0 Å². The minimum absolute atomic E-state index is 0.115. The van der Waals surface area contributed by atoms with Crippen molar-refractivity contribution in [3.63, 3.8) is 0 Å². The maximum atomic E-state index is 12.3. The van der Waals surface area contributed by atoms with E-state index in [0.29, 0.717) is 21.8 Å². The summed E-state index contributed by atoms with van der Waals surface area (Å²) in [5.74, 6) is -0.197. The van der Waals surface area contributed by atoms with Gasteiger partial charge in [-0.25, -0.2) is 0 Å². The Kier molecular flexibility index (Phi) is 6.28. The Hall–Kier alpha value is -2.49. The summed E-state index contributed by atoms with van der Waals surface area (Å²) in [5, 5.41) is 8.64. The zero-order valence-corrected chi connectivity index (χ0v) is 17.9. The predicted octanol–water partition coefficient (Wildman–Crippen LogP) is 4.47. The molecule has 3 aromatic rings. The first-order chi connectivity index (χ1) is 13.3. The van der Waals surface area contributed by atoms with Gasteiger partial charge in [0, 0.05) is 10.2 Å². The number of benzene rings is 2. The highest BCUT2D eigenvalue weighted by Gasteiger charge is 2.13. The number of rotatable bonds is 6. The van der Waals surface area contributed by atoms with Crippen LogP contribution in [0.5, 0.6) is 0 Å². The molecule has 3 rings (SSSR count). The van der Waals surface area contributed by atoms with Gasteiger partial charge in [0.2, 0.25) is 0 Å². The van der Waals surface area contributed by atoms with Crippen LogP contribution < -0.4 is 10.1 Å². The maximum Gasteiger partial charge on any atom is 0.276 e. The van der Waals surface area contributed by atoms with Gasteiger partial charge < -0.3 is 5.32 Å². The fraction of sp³-hybridized carbons (Fsp3) is 0.0526. The predicted molar refractivity (Wildman–Crippen MR) is 115 cm³/mol. The highest BCUT2D eigenvalue weighted by Crippen LogP contribution is 2.17. The molecule has 0 aliphatic heterocycles. The summed E-state index contributed by atoms with van der Waals surface area (Å²) < 4.78 is 25.5. The molecular weight excluding hydrogens is 462 g/mol. The van der Waals surface area contributed by atoms with E-state index in [1.54, 1.807) is 49.4 Å². The van der Waals surface area contributed by atoms with Crippen molar-refractivity contribution in [2.24, 2.45) is 5.10 Å². The molecule has 0 saturated heterocycles. The van der Waals surface area contributed by atoms with Gasteiger partial charge in [-0.2, -0.15) is 18.4 Å². The number of sulfonamides is 1. The van der Waals surface area contributed by atoms with Gasteiger partial charge in [0.1, 0.15) is 0 Å². The zero-order valence-electron chi connectivity index (χ0n) is 14.7. The number of halogens is 1. The van der Waals surface area contributed by atoms with E-state index < -0.39 is 10.0 Å². The van der Waals surface area contributed by atoms with Gasteiger partial charge in [-0.15, -0.1) is 11.3 Å². The molecular formula is C19H16BrN3O3S2. The van der Waals surface area contributed by atoms with Crippen molar-refractivity contribution in [3.8, 4) is 0 Å². The fourth-order valence-corrected chi connectivity index (χ4v) is 4.02. The number of amides is 1. The van der Waals surface area contributed by atoms with Gasteiger partial charge in [0.15, 0.2) is 0 Å². The largest absolute Gasteiger partial charge is 0.321 e. The summed E-state index contributed by atoms with van der Waals surface area (Å²) in [6.07, 6.45) is 0. The molecule has 0 aliphatic rings. The van der Waals surface area contributed by atoms with E-state index >= 15 is 0 Å². The monoisotopic (exact) mass is 477 g/mol. The minimum atomic E-state index is -3.77. The number of nitrogens with one attached hydrogen (secondary N) is 2. The standard InChI is InChI=1S/C19H16BrN3O3S2/c1-13(22-23-28(25,26)17-9-7-15(20)8-10-17)14-4-2-5-16(12-14)21-19(24)18-6-3-11-27-18/h2-12,23H,1H3,(H,21,24)/b22-13-. The number of carbonyl (C=O) groups excluding carboxylic acids is 1. The fourth-order valence-electron chi connectivity index (χ4n) is 2.28. The molecule has 1 amide bonds. The highest BCUT2D eigenvalue weighted by molar-refractivity contribution is 9.10. The topological polar surface area (TPSA) is 87.6 Å². The van der Waals surface area contributed by atoms with E-state index in [2.05, 4.69) is 31.2 Å². The first-order valence-electron chi connectivity index (χ1n) is 8.12. The van der Waals surface area contributed by atoms with Crippen molar-refractivity contribution in [2.45, 2.75) is 11.8 Å². The Bertz CT molecular complexity index is 1110. The quantitative estimate of drug-likeness (QED) is 0.405. The van der Waals surface area contributed by atoms with Crippen molar-refractivity contribution >= 4 is 54.6 Å². The van der Waals surface area contributed by atoms with E-state index in [0.717, 1.165) is 4.47 Å². The van der Waals surface area contributed by atoms with Crippen molar-refractivity contribution < 1.29 is 13.2 Å². The number of anilines is 1. The number of hydrogen-bond acceptors (Lipinski definition) is 5. The summed E-state index contributed by atoms with van der Waals surface area (Å²) in [6, 6.07) is 16.9. The Labute approximate surface area is 175 Å². The number of nitrogens with zero attached hydrogens (tertiary/aromatic N) is 1. The van der Waals surface area contributed by atoms with Gasteiger partial charge in [-0.1, -0.05) is 34.1 Å². The molecule has 0 radical (unpaired) electrons. The van der Waals surface area contributed by atoms with Gasteiger partial charge in [0.05, 0.1) is 15.5 Å². The molecule has 1 aromatic heterocycles. The third-order valence-electron chi connectivity index (χ3n) is 3.74. The molecule has 0 saturated carbocycles. The van der Waals surface area contributed by atoms with E-state index in [-0.39, 0.29) is 10.8 Å². The van der Waals surface area contributed by atoms with Gasteiger partial charge in [0.25, 0.3) is 15.9 Å². The number of hydrogen-bond donors (Lipinski definition) is 2. The second-order valence-corrected chi connectivity index (χ2v) is 9.28. The molecule has 2 aromatic carbocycles. The highest BCUT2D eigenvalue weighted by atomic mass is 79.9. The first kappa shape index (κ1) is 20.2. The lowest BCUT2D eigenvalue weighted by atomic mass is 10.1. The Balaban J connectivity index is 1.74. The van der Waals surface area contributed by atoms with Crippen LogP contribution in [0.4, 0.5) is 5.69 Å². The van der Waals surface area contributed by atoms with Crippen LogP contribution in [0.15, 0.2) is 80.5 Å². The third kappa shape index (κ3) is 5.06. The van der Waals surface area contributed by atoms with Crippen molar-refractivity contribution in [3.05, 3.63) is 81.0 Å². The van der Waals surface area contributed by atoms with E-state index in [1.165, 1.54) is 23.5 Å². The molecule has 9 heteroatoms. The molecule has 1 heterocycles. The SMILES string of the molecule is C/C(=N/NS(=O)(=O)c1ccc(Br)cc1)c1cccc(NC(=O)c2cccs2)c1. The van der Waals surface area contributed by atoms with Crippen molar-refractivity contribution in [1.29, 1.82) is 0 Å². The molecule has 144 valence electrons. The maximum absolute atomic E-state index is 12.3. The lowest BCUT2D eigenvalue weighted by molar-refractivity contribution is 0.103. The van der Waals surface area contributed by atoms with Gasteiger partial charge >= 0.3 is 0 Å². The Morgan fingerprint density at radius 1 is 1.07 bits per heavy atom. The van der Waals surface area contributed by atoms with Gasteiger partial charge in [-0.3, -0.25) is 4.79 Å². The minimum Gasteiger partial charge on any atom is -0.321 e. The lowest BCUT2D eigenvalue weighted by Gasteiger charge is -2.08. The molecule has 0 unspecified atom stereocenters. The van der Waals surface area contributed by atoms with Crippen LogP contribution >= 0.6 is 27.3 Å². The van der Waals surface area contributed by atoms with Crippen molar-refractivity contribution in [1.82, 2.24) is 4.83 Å². The second-order valence-electron chi connectivity index (χ2n) is 5.76. The third-order valence-corrected chi connectivity index (χ3v) is 6.36. The second kappa shape index (κ2) is 8.68. The summed E-state index contributed by atoms with van der Waals surface area (Å²) in [4.78, 5) is 15.1. The zero-order chi connectivity index (χ0) is 20.1. The number of hydrazone groups is 1. The molecule has 0 fully saturated rings. The molecule has 0 atom stereocenters. The van der Waals surface area contributed by atoms with Crippen LogP contribution in [0, 0.1) is 0 Å². The first-order valence-corrected chi connectivity index (χ1v) is 11.3. The smallest absolute Gasteiger partial charge is 0.276 e. The summed E-state index contributed by atoms with van der Waals surface area (Å²) in [6.45, 7) is 1.68. The van der Waals surface area contributed by atoms with E-state index in [9.17, 15) is 13.2 Å². The number of carbonyl (C=O) groups is 1. The van der Waals surface area contributed by atoms with Crippen LogP contribution in [0.25, 0.3) is 0 Å². The van der Waals surface area contributed by atoms with E-state index in [4.69, 9.17) is 0 Å². The van der Waals surface area contributed by atoms with E-state index in [1.807, 2.05) is 11.4 Å². The molecule has 0 bridgehead atoms. The van der Waals surface area contributed by atoms with Gasteiger partial charge in [-0.05, 0) is 60.3 Å². The molecule has 2 N–H and O–H groups in total. The molecule has 28 heavy (non-hydrogen) atoms. The molecule has 0 aliphatic carbocycles. The average molecular weight is 478 g/mol. The van der Waals surface area contributed by atoms with Crippen LogP contribution in [0.2, 0.25) is 0 Å². The summed E-state index contributed by atoms with van der Waals surface area (Å²) in [7, 11) is -3.77. The van der Waals surface area contributed by atoms with Crippen LogP contribution in [-0.2, 0) is 10.0 Å². The molecule has 0 spiro atoms. The summed E-state index contributed by atoms with van der Waals surface area (Å²) in [5.41, 5.74) is 1.75.